The Morgan fingerprint density at radius 3 is 2.53 bits per heavy atom. The van der Waals surface area contributed by atoms with E-state index in [0.29, 0.717) is 12.5 Å². The van der Waals surface area contributed by atoms with Gasteiger partial charge in [-0.15, -0.1) is 11.3 Å². The second kappa shape index (κ2) is 6.04. The van der Waals surface area contributed by atoms with E-state index in [1.54, 1.807) is 0 Å². The third-order valence-corrected chi connectivity index (χ3v) is 5.13. The highest BCUT2D eigenvalue weighted by Gasteiger charge is 2.16. The molecule has 3 heteroatoms. The number of hydrogen-bond acceptors (Lipinski definition) is 3. The minimum absolute atomic E-state index is 0.280. The summed E-state index contributed by atoms with van der Waals surface area (Å²) in [6, 6.07) is 8.81. The summed E-state index contributed by atoms with van der Waals surface area (Å²) in [4.78, 5) is 1.37. The molecule has 2 rings (SSSR count). The molecule has 0 amide bonds. The summed E-state index contributed by atoms with van der Waals surface area (Å²) in [5.41, 5.74) is 1.36. The van der Waals surface area contributed by atoms with E-state index < -0.39 is 0 Å². The Morgan fingerprint density at radius 2 is 1.89 bits per heavy atom. The largest absolute Gasteiger partial charge is 0.392 e. The lowest BCUT2D eigenvalue weighted by Gasteiger charge is -2.19. The van der Waals surface area contributed by atoms with Crippen LogP contribution in [0.3, 0.4) is 0 Å². The summed E-state index contributed by atoms with van der Waals surface area (Å²) >= 11 is 1.85. The predicted octanol–water partition coefficient (Wildman–Crippen LogP) is 3.88. The zero-order valence-corrected chi connectivity index (χ0v) is 12.9. The lowest BCUT2D eigenvalue weighted by atomic mass is 10.1. The molecule has 0 aliphatic carbocycles. The Kier molecular flexibility index (Phi) is 4.61. The standard InChI is InChI=1S/C16H23NOS/c1-10(2)14(18)9-17-12(4)16-11(3)13-7-5-6-8-15(13)19-16/h5-8,10,12,14,17-18H,9H2,1-4H3. The highest BCUT2D eigenvalue weighted by atomic mass is 32.1. The summed E-state index contributed by atoms with van der Waals surface area (Å²) in [7, 11) is 0. The number of aliphatic hydroxyl groups is 1. The number of thiophene rings is 1. The minimum atomic E-state index is -0.280. The van der Waals surface area contributed by atoms with E-state index in [-0.39, 0.29) is 12.1 Å². The van der Waals surface area contributed by atoms with E-state index in [0.717, 1.165) is 0 Å². The first kappa shape index (κ1) is 14.5. The molecule has 104 valence electrons. The number of rotatable bonds is 5. The van der Waals surface area contributed by atoms with Crippen LogP contribution in [0.2, 0.25) is 0 Å². The monoisotopic (exact) mass is 277 g/mol. The molecule has 0 bridgehead atoms. The van der Waals surface area contributed by atoms with Gasteiger partial charge in [0.2, 0.25) is 0 Å². The molecular formula is C16H23NOS. The molecule has 0 aliphatic rings. The van der Waals surface area contributed by atoms with Crippen LogP contribution in [0.4, 0.5) is 0 Å². The first-order valence-corrected chi connectivity index (χ1v) is 7.71. The zero-order valence-electron chi connectivity index (χ0n) is 12.1. The lowest BCUT2D eigenvalue weighted by Crippen LogP contribution is -2.32. The molecule has 0 spiro atoms. The maximum atomic E-state index is 9.87. The normalized spacial score (nSPS) is 15.1. The lowest BCUT2D eigenvalue weighted by molar-refractivity contribution is 0.121. The summed E-state index contributed by atoms with van der Waals surface area (Å²) in [6.45, 7) is 9.09. The van der Waals surface area contributed by atoms with Gasteiger partial charge in [-0.05, 0) is 36.8 Å². The van der Waals surface area contributed by atoms with Crippen molar-refractivity contribution in [3.05, 3.63) is 34.7 Å². The van der Waals surface area contributed by atoms with Gasteiger partial charge in [-0.2, -0.15) is 0 Å². The number of benzene rings is 1. The van der Waals surface area contributed by atoms with Gasteiger partial charge in [0.1, 0.15) is 0 Å². The fourth-order valence-electron chi connectivity index (χ4n) is 2.23. The second-order valence-electron chi connectivity index (χ2n) is 5.53. The number of nitrogens with one attached hydrogen (secondary N) is 1. The van der Waals surface area contributed by atoms with Crippen LogP contribution < -0.4 is 5.32 Å². The summed E-state index contributed by atoms with van der Waals surface area (Å²) < 4.78 is 1.34. The van der Waals surface area contributed by atoms with Crippen LogP contribution in [0.25, 0.3) is 10.1 Å². The molecule has 0 fully saturated rings. The summed E-state index contributed by atoms with van der Waals surface area (Å²) in [5.74, 6) is 0.295. The molecule has 1 heterocycles. The van der Waals surface area contributed by atoms with E-state index in [9.17, 15) is 5.11 Å². The van der Waals surface area contributed by atoms with Crippen molar-refractivity contribution in [3.63, 3.8) is 0 Å². The van der Waals surface area contributed by atoms with Crippen LogP contribution >= 0.6 is 11.3 Å². The number of aryl methyl sites for hydroxylation is 1. The fourth-order valence-corrected chi connectivity index (χ4v) is 3.47. The molecule has 19 heavy (non-hydrogen) atoms. The Labute approximate surface area is 119 Å². The third kappa shape index (κ3) is 3.16. The van der Waals surface area contributed by atoms with Crippen molar-refractivity contribution in [2.75, 3.05) is 6.54 Å². The van der Waals surface area contributed by atoms with Gasteiger partial charge in [-0.25, -0.2) is 0 Å². The van der Waals surface area contributed by atoms with Gasteiger partial charge in [-0.1, -0.05) is 32.0 Å². The van der Waals surface area contributed by atoms with E-state index in [2.05, 4.69) is 43.4 Å². The van der Waals surface area contributed by atoms with E-state index in [1.807, 2.05) is 25.2 Å². The molecule has 2 atom stereocenters. The van der Waals surface area contributed by atoms with Crippen LogP contribution in [0.1, 0.15) is 37.3 Å². The molecule has 1 aromatic heterocycles. The quantitative estimate of drug-likeness (QED) is 0.869. The smallest absolute Gasteiger partial charge is 0.0687 e. The van der Waals surface area contributed by atoms with Crippen molar-refractivity contribution in [2.24, 2.45) is 5.92 Å². The van der Waals surface area contributed by atoms with Crippen LogP contribution in [0.5, 0.6) is 0 Å². The van der Waals surface area contributed by atoms with Crippen LogP contribution in [-0.2, 0) is 0 Å². The van der Waals surface area contributed by atoms with Gasteiger partial charge in [0.15, 0.2) is 0 Å². The van der Waals surface area contributed by atoms with Crippen molar-refractivity contribution in [2.45, 2.75) is 39.8 Å². The molecule has 2 N–H and O–H groups in total. The SMILES string of the molecule is Cc1c(C(C)NCC(O)C(C)C)sc2ccccc12. The van der Waals surface area contributed by atoms with Crippen LogP contribution in [0, 0.1) is 12.8 Å². The molecule has 0 radical (unpaired) electrons. The molecule has 0 saturated heterocycles. The van der Waals surface area contributed by atoms with Gasteiger partial charge in [0, 0.05) is 22.2 Å². The Hall–Kier alpha value is -0.900. The number of fused-ring (bicyclic) bond motifs is 1. The van der Waals surface area contributed by atoms with Crippen molar-refractivity contribution in [1.82, 2.24) is 5.32 Å². The summed E-state index contributed by atoms with van der Waals surface area (Å²) in [6.07, 6.45) is -0.280. The Morgan fingerprint density at radius 1 is 1.21 bits per heavy atom. The average molecular weight is 277 g/mol. The molecular weight excluding hydrogens is 254 g/mol. The van der Waals surface area contributed by atoms with Crippen LogP contribution in [-0.4, -0.2) is 17.8 Å². The molecule has 0 saturated carbocycles. The number of hydrogen-bond donors (Lipinski definition) is 2. The van der Waals surface area contributed by atoms with Gasteiger partial charge < -0.3 is 10.4 Å². The Bertz CT molecular complexity index is 547. The molecule has 0 aliphatic heterocycles. The second-order valence-corrected chi connectivity index (χ2v) is 6.61. The van der Waals surface area contributed by atoms with Gasteiger partial charge >= 0.3 is 0 Å². The topological polar surface area (TPSA) is 32.3 Å². The maximum Gasteiger partial charge on any atom is 0.0687 e. The predicted molar refractivity (Wildman–Crippen MR) is 83.8 cm³/mol. The van der Waals surface area contributed by atoms with E-state index in [4.69, 9.17) is 0 Å². The van der Waals surface area contributed by atoms with E-state index >= 15 is 0 Å². The average Bonchev–Trinajstić information content (AvgIpc) is 2.73. The highest BCUT2D eigenvalue weighted by molar-refractivity contribution is 7.19. The van der Waals surface area contributed by atoms with Gasteiger partial charge in [0.05, 0.1) is 6.10 Å². The van der Waals surface area contributed by atoms with E-state index in [1.165, 1.54) is 20.5 Å². The first-order valence-electron chi connectivity index (χ1n) is 6.90. The number of aliphatic hydroxyl groups excluding tert-OH is 1. The summed E-state index contributed by atoms with van der Waals surface area (Å²) in [5, 5.41) is 14.7. The molecule has 1 aromatic carbocycles. The van der Waals surface area contributed by atoms with Crippen molar-refractivity contribution < 1.29 is 5.11 Å². The molecule has 2 unspecified atom stereocenters. The van der Waals surface area contributed by atoms with Gasteiger partial charge in [-0.3, -0.25) is 0 Å². The van der Waals surface area contributed by atoms with Crippen molar-refractivity contribution in [3.8, 4) is 0 Å². The third-order valence-electron chi connectivity index (χ3n) is 3.68. The Balaban J connectivity index is 2.13. The van der Waals surface area contributed by atoms with Crippen molar-refractivity contribution in [1.29, 1.82) is 0 Å². The minimum Gasteiger partial charge on any atom is -0.392 e. The van der Waals surface area contributed by atoms with Gasteiger partial charge in [0.25, 0.3) is 0 Å². The fraction of sp³-hybridized carbons (Fsp3) is 0.500. The van der Waals surface area contributed by atoms with Crippen molar-refractivity contribution >= 4 is 21.4 Å². The zero-order chi connectivity index (χ0) is 14.0. The molecule has 2 nitrogen and oxygen atoms in total. The first-order chi connectivity index (χ1) is 9.00. The molecule has 2 aromatic rings. The van der Waals surface area contributed by atoms with Crippen LogP contribution in [0.15, 0.2) is 24.3 Å². The maximum absolute atomic E-state index is 9.87. The highest BCUT2D eigenvalue weighted by Crippen LogP contribution is 2.34.